The number of aromatic nitrogens is 3. The van der Waals surface area contributed by atoms with Gasteiger partial charge in [-0.2, -0.15) is 0 Å². The summed E-state index contributed by atoms with van der Waals surface area (Å²) < 4.78 is 0.866. The highest BCUT2D eigenvalue weighted by molar-refractivity contribution is 9.10. The molecule has 0 spiro atoms. The Morgan fingerprint density at radius 2 is 2.09 bits per heavy atom. The van der Waals surface area contributed by atoms with Crippen molar-refractivity contribution in [1.29, 1.82) is 0 Å². The highest BCUT2D eigenvalue weighted by Gasteiger charge is 2.09. The summed E-state index contributed by atoms with van der Waals surface area (Å²) in [5.74, 6) is 0.727. The van der Waals surface area contributed by atoms with Gasteiger partial charge in [-0.05, 0) is 27.9 Å². The number of aryl methyl sites for hydroxylation is 1. The highest BCUT2D eigenvalue weighted by Crippen LogP contribution is 2.15. The van der Waals surface area contributed by atoms with Gasteiger partial charge < -0.3 is 15.6 Å². The van der Waals surface area contributed by atoms with Gasteiger partial charge in [0.15, 0.2) is 5.65 Å². The summed E-state index contributed by atoms with van der Waals surface area (Å²) in [6, 6.07) is 1.89. The number of imidazole rings is 1. The fourth-order valence-electron chi connectivity index (χ4n) is 1.92. The summed E-state index contributed by atoms with van der Waals surface area (Å²) in [6.07, 6.45) is 2.40. The quantitative estimate of drug-likeness (QED) is 0.676. The molecule has 0 atom stereocenters. The normalized spacial score (nSPS) is 11.0. The summed E-state index contributed by atoms with van der Waals surface area (Å²) in [5.41, 5.74) is 1.44. The van der Waals surface area contributed by atoms with Crippen LogP contribution >= 0.6 is 15.9 Å². The lowest BCUT2D eigenvalue weighted by atomic mass is 10.2. The second kappa shape index (κ2) is 8.05. The molecule has 2 heterocycles. The Morgan fingerprint density at radius 3 is 2.83 bits per heavy atom. The van der Waals surface area contributed by atoms with Gasteiger partial charge in [-0.3, -0.25) is 9.59 Å². The molecule has 23 heavy (non-hydrogen) atoms. The van der Waals surface area contributed by atoms with Crippen LogP contribution in [0.3, 0.4) is 0 Å². The SMILES string of the molecule is CC(C)CNC(=O)CNC(=O)CCc1nc2ncc(Br)cc2[nH]1. The number of hydrogen-bond donors (Lipinski definition) is 3. The van der Waals surface area contributed by atoms with Crippen LogP contribution in [0.2, 0.25) is 0 Å². The molecule has 124 valence electrons. The Kier molecular flexibility index (Phi) is 6.09. The number of H-pyrrole nitrogens is 1. The monoisotopic (exact) mass is 381 g/mol. The van der Waals surface area contributed by atoms with E-state index in [0.29, 0.717) is 30.4 Å². The van der Waals surface area contributed by atoms with E-state index < -0.39 is 0 Å². The van der Waals surface area contributed by atoms with Crippen LogP contribution in [0.25, 0.3) is 11.2 Å². The largest absolute Gasteiger partial charge is 0.354 e. The van der Waals surface area contributed by atoms with Gasteiger partial charge in [0.05, 0.1) is 12.1 Å². The van der Waals surface area contributed by atoms with Crippen molar-refractivity contribution in [1.82, 2.24) is 25.6 Å². The van der Waals surface area contributed by atoms with E-state index in [9.17, 15) is 9.59 Å². The molecule has 0 saturated heterocycles. The van der Waals surface area contributed by atoms with E-state index in [1.54, 1.807) is 6.20 Å². The Labute approximate surface area is 142 Å². The van der Waals surface area contributed by atoms with Gasteiger partial charge in [-0.1, -0.05) is 13.8 Å². The third kappa shape index (κ3) is 5.63. The van der Waals surface area contributed by atoms with Gasteiger partial charge in [0.1, 0.15) is 5.82 Å². The van der Waals surface area contributed by atoms with Gasteiger partial charge in [0, 0.05) is 30.1 Å². The Hall–Kier alpha value is -1.96. The minimum absolute atomic E-state index is 0.000185. The number of fused-ring (bicyclic) bond motifs is 1. The lowest BCUT2D eigenvalue weighted by Gasteiger charge is -2.08. The molecule has 0 aliphatic carbocycles. The van der Waals surface area contributed by atoms with Crippen LogP contribution in [-0.2, 0) is 16.0 Å². The zero-order chi connectivity index (χ0) is 16.8. The van der Waals surface area contributed by atoms with Crippen molar-refractivity contribution in [2.24, 2.45) is 5.92 Å². The minimum Gasteiger partial charge on any atom is -0.354 e. The maximum Gasteiger partial charge on any atom is 0.239 e. The standard InChI is InChI=1S/C15H20BrN5O2/c1-9(2)6-17-14(23)8-18-13(22)4-3-12-20-11-5-10(16)7-19-15(11)21-12/h5,7,9H,3-4,6,8H2,1-2H3,(H,17,23)(H,18,22)(H,19,20,21). The first-order valence-corrected chi connectivity index (χ1v) is 8.27. The number of hydrogen-bond acceptors (Lipinski definition) is 4. The molecule has 0 fully saturated rings. The highest BCUT2D eigenvalue weighted by atomic mass is 79.9. The van der Waals surface area contributed by atoms with Gasteiger partial charge in [0.25, 0.3) is 0 Å². The molecule has 2 amide bonds. The van der Waals surface area contributed by atoms with Crippen molar-refractivity contribution in [3.63, 3.8) is 0 Å². The molecule has 7 nitrogen and oxygen atoms in total. The average Bonchev–Trinajstić information content (AvgIpc) is 2.90. The van der Waals surface area contributed by atoms with E-state index in [1.165, 1.54) is 0 Å². The van der Waals surface area contributed by atoms with E-state index in [2.05, 4.69) is 41.5 Å². The predicted molar refractivity (Wildman–Crippen MR) is 90.8 cm³/mol. The summed E-state index contributed by atoms with van der Waals surface area (Å²) in [4.78, 5) is 34.9. The molecule has 0 aliphatic heterocycles. The number of carbonyl (C=O) groups is 2. The summed E-state index contributed by atoms with van der Waals surface area (Å²) in [6.45, 7) is 4.63. The number of halogens is 1. The molecule has 0 radical (unpaired) electrons. The summed E-state index contributed by atoms with van der Waals surface area (Å²) in [5, 5.41) is 5.35. The Balaban J connectivity index is 1.76. The van der Waals surface area contributed by atoms with Crippen molar-refractivity contribution in [3.8, 4) is 0 Å². The molecule has 0 unspecified atom stereocenters. The maximum absolute atomic E-state index is 11.8. The Bertz CT molecular complexity index is 698. The molecule has 8 heteroatoms. The van der Waals surface area contributed by atoms with E-state index >= 15 is 0 Å². The lowest BCUT2D eigenvalue weighted by molar-refractivity contribution is -0.126. The smallest absolute Gasteiger partial charge is 0.239 e. The van der Waals surface area contributed by atoms with Crippen LogP contribution in [0.4, 0.5) is 0 Å². The fraction of sp³-hybridized carbons (Fsp3) is 0.467. The first-order chi connectivity index (χ1) is 10.9. The van der Waals surface area contributed by atoms with Crippen molar-refractivity contribution >= 4 is 38.9 Å². The van der Waals surface area contributed by atoms with E-state index in [-0.39, 0.29) is 24.8 Å². The first-order valence-electron chi connectivity index (χ1n) is 7.47. The summed E-state index contributed by atoms with van der Waals surface area (Å²) in [7, 11) is 0. The van der Waals surface area contributed by atoms with Gasteiger partial charge in [-0.15, -0.1) is 0 Å². The summed E-state index contributed by atoms with van der Waals surface area (Å²) >= 11 is 3.35. The van der Waals surface area contributed by atoms with Crippen molar-refractivity contribution in [2.45, 2.75) is 26.7 Å². The van der Waals surface area contributed by atoms with E-state index in [4.69, 9.17) is 0 Å². The first kappa shape index (κ1) is 17.4. The fourth-order valence-corrected chi connectivity index (χ4v) is 2.25. The Morgan fingerprint density at radius 1 is 1.30 bits per heavy atom. The second-order valence-electron chi connectivity index (χ2n) is 5.68. The van der Waals surface area contributed by atoms with Gasteiger partial charge in [0.2, 0.25) is 11.8 Å². The van der Waals surface area contributed by atoms with Crippen molar-refractivity contribution in [2.75, 3.05) is 13.1 Å². The van der Waals surface area contributed by atoms with Crippen LogP contribution in [0.15, 0.2) is 16.7 Å². The number of amides is 2. The number of nitrogens with zero attached hydrogens (tertiary/aromatic N) is 2. The minimum atomic E-state index is -0.181. The molecule has 2 aromatic rings. The second-order valence-corrected chi connectivity index (χ2v) is 6.60. The molecule has 0 aromatic carbocycles. The zero-order valence-corrected chi connectivity index (χ0v) is 14.7. The van der Waals surface area contributed by atoms with Crippen LogP contribution in [0.5, 0.6) is 0 Å². The number of pyridine rings is 1. The van der Waals surface area contributed by atoms with Crippen LogP contribution in [0.1, 0.15) is 26.1 Å². The molecular formula is C15H20BrN5O2. The number of aromatic amines is 1. The molecule has 0 saturated carbocycles. The topological polar surface area (TPSA) is 99.8 Å². The van der Waals surface area contributed by atoms with Gasteiger partial charge >= 0.3 is 0 Å². The number of nitrogens with one attached hydrogen (secondary N) is 3. The molecule has 2 rings (SSSR count). The number of carbonyl (C=O) groups excluding carboxylic acids is 2. The molecular weight excluding hydrogens is 362 g/mol. The van der Waals surface area contributed by atoms with Crippen LogP contribution < -0.4 is 10.6 Å². The maximum atomic E-state index is 11.8. The van der Waals surface area contributed by atoms with Crippen molar-refractivity contribution in [3.05, 3.63) is 22.6 Å². The molecule has 0 aliphatic rings. The van der Waals surface area contributed by atoms with Crippen molar-refractivity contribution < 1.29 is 9.59 Å². The van der Waals surface area contributed by atoms with Crippen LogP contribution in [-0.4, -0.2) is 39.9 Å². The van der Waals surface area contributed by atoms with Gasteiger partial charge in [-0.25, -0.2) is 9.97 Å². The zero-order valence-electron chi connectivity index (χ0n) is 13.1. The lowest BCUT2D eigenvalue weighted by Crippen LogP contribution is -2.38. The van der Waals surface area contributed by atoms with E-state index in [0.717, 1.165) is 9.99 Å². The average molecular weight is 382 g/mol. The number of rotatable bonds is 7. The molecule has 3 N–H and O–H groups in total. The molecule has 0 bridgehead atoms. The van der Waals surface area contributed by atoms with E-state index in [1.807, 2.05) is 19.9 Å². The van der Waals surface area contributed by atoms with Crippen LogP contribution in [0, 0.1) is 5.92 Å². The predicted octanol–water partition coefficient (Wildman–Crippen LogP) is 1.54. The third-order valence-corrected chi connectivity index (χ3v) is 3.53. The third-order valence-electron chi connectivity index (χ3n) is 3.10. The molecule has 2 aromatic heterocycles.